The van der Waals surface area contributed by atoms with E-state index in [-0.39, 0.29) is 12.3 Å². The van der Waals surface area contributed by atoms with Crippen LogP contribution in [0.2, 0.25) is 0 Å². The molecule has 0 saturated heterocycles. The number of nitrogens with one attached hydrogen (secondary N) is 2. The van der Waals surface area contributed by atoms with Crippen molar-refractivity contribution in [2.45, 2.75) is 19.0 Å². The Balaban J connectivity index is 2.43. The van der Waals surface area contributed by atoms with E-state index in [1.54, 1.807) is 0 Å². The van der Waals surface area contributed by atoms with Crippen molar-refractivity contribution in [1.82, 2.24) is 10.6 Å². The number of carbonyl (C=O) groups excluding carboxylic acids is 1. The predicted octanol–water partition coefficient (Wildman–Crippen LogP) is 1.97. The highest BCUT2D eigenvalue weighted by atomic mass is 19.4. The normalized spacial score (nSPS) is 11.4. The number of carbonyl (C=O) groups is 1. The van der Waals surface area contributed by atoms with Gasteiger partial charge in [0.15, 0.2) is 0 Å². The maximum atomic E-state index is 12.3. The molecule has 1 aromatic rings. The van der Waals surface area contributed by atoms with Crippen molar-refractivity contribution >= 4 is 5.91 Å². The Labute approximate surface area is 110 Å². The molecule has 0 spiro atoms. The van der Waals surface area contributed by atoms with Crippen molar-refractivity contribution in [1.29, 1.82) is 0 Å². The molecule has 2 N–H and O–H groups in total. The first-order valence-electron chi connectivity index (χ1n) is 6.01. The summed E-state index contributed by atoms with van der Waals surface area (Å²) in [6.07, 6.45) is -3.43. The van der Waals surface area contributed by atoms with Crippen LogP contribution in [0.15, 0.2) is 24.3 Å². The highest BCUT2D eigenvalue weighted by molar-refractivity contribution is 5.78. The summed E-state index contributed by atoms with van der Waals surface area (Å²) in [5.41, 5.74) is -0.134. The van der Waals surface area contributed by atoms with Gasteiger partial charge in [0.25, 0.3) is 0 Å². The molecule has 0 saturated carbocycles. The molecule has 106 valence electrons. The van der Waals surface area contributed by atoms with Gasteiger partial charge >= 0.3 is 6.18 Å². The molecule has 1 aromatic carbocycles. The van der Waals surface area contributed by atoms with Gasteiger partial charge in [0.2, 0.25) is 5.91 Å². The molecule has 0 heterocycles. The molecule has 6 heteroatoms. The lowest BCUT2D eigenvalue weighted by Crippen LogP contribution is -2.27. The average Bonchev–Trinajstić information content (AvgIpc) is 2.34. The maximum Gasteiger partial charge on any atom is 0.416 e. The van der Waals surface area contributed by atoms with Crippen LogP contribution < -0.4 is 10.6 Å². The zero-order valence-corrected chi connectivity index (χ0v) is 10.7. The molecule has 0 aliphatic carbocycles. The molecule has 0 radical (unpaired) electrons. The third-order valence-corrected chi connectivity index (χ3v) is 2.57. The van der Waals surface area contributed by atoms with Gasteiger partial charge in [-0.15, -0.1) is 0 Å². The van der Waals surface area contributed by atoms with E-state index < -0.39 is 11.7 Å². The minimum atomic E-state index is -4.34. The van der Waals surface area contributed by atoms with Crippen LogP contribution in [0, 0.1) is 0 Å². The summed E-state index contributed by atoms with van der Waals surface area (Å²) in [7, 11) is 1.82. The number of alkyl halides is 3. The number of halogens is 3. The molecule has 19 heavy (non-hydrogen) atoms. The van der Waals surface area contributed by atoms with Gasteiger partial charge in [-0.1, -0.05) is 12.1 Å². The molecule has 0 atom stereocenters. The molecule has 0 fully saturated rings. The summed E-state index contributed by atoms with van der Waals surface area (Å²) in [5, 5.41) is 5.66. The van der Waals surface area contributed by atoms with Crippen molar-refractivity contribution in [3.63, 3.8) is 0 Å². The quantitative estimate of drug-likeness (QED) is 0.779. The molecule has 3 nitrogen and oxygen atoms in total. The van der Waals surface area contributed by atoms with Crippen LogP contribution in [0.3, 0.4) is 0 Å². The maximum absolute atomic E-state index is 12.3. The van der Waals surface area contributed by atoms with Gasteiger partial charge in [0.1, 0.15) is 0 Å². The van der Waals surface area contributed by atoms with Gasteiger partial charge in [-0.25, -0.2) is 0 Å². The fourth-order valence-corrected chi connectivity index (χ4v) is 1.55. The number of hydrogen-bond acceptors (Lipinski definition) is 2. The average molecular weight is 274 g/mol. The third-order valence-electron chi connectivity index (χ3n) is 2.57. The smallest absolute Gasteiger partial charge is 0.356 e. The molecular formula is C13H17F3N2O. The van der Waals surface area contributed by atoms with Gasteiger partial charge in [0.05, 0.1) is 12.0 Å². The minimum absolute atomic E-state index is 0.0949. The zero-order chi connectivity index (χ0) is 14.3. The molecule has 0 aromatic heterocycles. The summed E-state index contributed by atoms with van der Waals surface area (Å²) < 4.78 is 37.0. The Hall–Kier alpha value is -1.56. The largest absolute Gasteiger partial charge is 0.416 e. The Morgan fingerprint density at radius 3 is 2.32 bits per heavy atom. The van der Waals surface area contributed by atoms with Crippen LogP contribution in [0.4, 0.5) is 13.2 Å². The summed E-state index contributed by atoms with van der Waals surface area (Å²) >= 11 is 0. The van der Waals surface area contributed by atoms with E-state index in [1.165, 1.54) is 12.1 Å². The van der Waals surface area contributed by atoms with E-state index in [0.29, 0.717) is 12.1 Å². The first kappa shape index (κ1) is 15.5. The Bertz CT molecular complexity index is 401. The van der Waals surface area contributed by atoms with Crippen LogP contribution in [0.25, 0.3) is 0 Å². The van der Waals surface area contributed by atoms with E-state index in [1.807, 2.05) is 7.05 Å². The first-order valence-corrected chi connectivity index (χ1v) is 6.01. The second-order valence-corrected chi connectivity index (χ2v) is 4.18. The monoisotopic (exact) mass is 274 g/mol. The second-order valence-electron chi connectivity index (χ2n) is 4.18. The van der Waals surface area contributed by atoms with Gasteiger partial charge in [-0.05, 0) is 37.7 Å². The van der Waals surface area contributed by atoms with E-state index >= 15 is 0 Å². The van der Waals surface area contributed by atoms with Gasteiger partial charge in [-0.2, -0.15) is 13.2 Å². The zero-order valence-electron chi connectivity index (χ0n) is 10.7. The molecule has 0 aliphatic rings. The molecular weight excluding hydrogens is 257 g/mol. The van der Waals surface area contributed by atoms with Crippen LogP contribution in [-0.2, 0) is 17.4 Å². The van der Waals surface area contributed by atoms with Crippen molar-refractivity contribution in [3.8, 4) is 0 Å². The topological polar surface area (TPSA) is 41.1 Å². The van der Waals surface area contributed by atoms with Crippen molar-refractivity contribution in [3.05, 3.63) is 35.4 Å². The summed E-state index contributed by atoms with van der Waals surface area (Å²) in [5.74, 6) is -0.184. The Kier molecular flexibility index (Phi) is 5.82. The summed E-state index contributed by atoms with van der Waals surface area (Å²) in [6.45, 7) is 1.36. The fraction of sp³-hybridized carbons (Fsp3) is 0.462. The first-order chi connectivity index (χ1) is 8.93. The van der Waals surface area contributed by atoms with Crippen molar-refractivity contribution < 1.29 is 18.0 Å². The summed E-state index contributed by atoms with van der Waals surface area (Å²) in [4.78, 5) is 11.5. The molecule has 0 bridgehead atoms. The fourth-order valence-electron chi connectivity index (χ4n) is 1.55. The number of rotatable bonds is 6. The van der Waals surface area contributed by atoms with Gasteiger partial charge < -0.3 is 10.6 Å². The van der Waals surface area contributed by atoms with Gasteiger partial charge in [-0.3, -0.25) is 4.79 Å². The molecule has 1 rings (SSSR count). The third kappa shape index (κ3) is 5.74. The minimum Gasteiger partial charge on any atom is -0.356 e. The number of hydrogen-bond donors (Lipinski definition) is 2. The van der Waals surface area contributed by atoms with E-state index in [2.05, 4.69) is 10.6 Å². The van der Waals surface area contributed by atoms with Crippen LogP contribution in [0.1, 0.15) is 17.5 Å². The second kappa shape index (κ2) is 7.13. The van der Waals surface area contributed by atoms with E-state index in [0.717, 1.165) is 25.1 Å². The highest BCUT2D eigenvalue weighted by Gasteiger charge is 2.29. The van der Waals surface area contributed by atoms with Crippen LogP contribution >= 0.6 is 0 Å². The number of amides is 1. The number of benzene rings is 1. The molecule has 0 aliphatic heterocycles. The van der Waals surface area contributed by atoms with Crippen molar-refractivity contribution in [2.75, 3.05) is 20.1 Å². The van der Waals surface area contributed by atoms with E-state index in [4.69, 9.17) is 0 Å². The summed E-state index contributed by atoms with van der Waals surface area (Å²) in [6, 6.07) is 4.64. The van der Waals surface area contributed by atoms with E-state index in [9.17, 15) is 18.0 Å². The van der Waals surface area contributed by atoms with Gasteiger partial charge in [0, 0.05) is 6.54 Å². The lowest BCUT2D eigenvalue weighted by Gasteiger charge is -2.08. The lowest BCUT2D eigenvalue weighted by molar-refractivity contribution is -0.137. The van der Waals surface area contributed by atoms with Crippen molar-refractivity contribution in [2.24, 2.45) is 0 Å². The SMILES string of the molecule is CNCCCNC(=O)Cc1ccc(C(F)(F)F)cc1. The standard InChI is InChI=1S/C13H17F3N2O/c1-17-7-2-8-18-12(19)9-10-3-5-11(6-4-10)13(14,15)16/h3-6,17H,2,7-9H2,1H3,(H,18,19). The molecule has 0 unspecified atom stereocenters. The van der Waals surface area contributed by atoms with Crippen LogP contribution in [0.5, 0.6) is 0 Å². The molecule has 1 amide bonds. The van der Waals surface area contributed by atoms with Crippen LogP contribution in [-0.4, -0.2) is 26.0 Å². The lowest BCUT2D eigenvalue weighted by atomic mass is 10.1. The Morgan fingerprint density at radius 1 is 1.16 bits per heavy atom. The predicted molar refractivity (Wildman–Crippen MR) is 66.7 cm³/mol. The highest BCUT2D eigenvalue weighted by Crippen LogP contribution is 2.29. The Morgan fingerprint density at radius 2 is 1.79 bits per heavy atom.